The van der Waals surface area contributed by atoms with Crippen molar-refractivity contribution in [2.75, 3.05) is 17.2 Å². The summed E-state index contributed by atoms with van der Waals surface area (Å²) in [6.45, 7) is 2.61. The van der Waals surface area contributed by atoms with Gasteiger partial charge in [0.25, 0.3) is 0 Å². The number of benzene rings is 1. The third kappa shape index (κ3) is 2.70. The Labute approximate surface area is 146 Å². The average molecular weight is 333 g/mol. The monoisotopic (exact) mass is 333 g/mol. The lowest BCUT2D eigenvalue weighted by atomic mass is 9.88. The van der Waals surface area contributed by atoms with E-state index in [4.69, 9.17) is 5.73 Å². The summed E-state index contributed by atoms with van der Waals surface area (Å²) >= 11 is 0. The molecule has 0 fully saturated rings. The largest absolute Gasteiger partial charge is 0.381 e. The van der Waals surface area contributed by atoms with Crippen molar-refractivity contribution in [1.29, 1.82) is 0 Å². The second-order valence-electron chi connectivity index (χ2n) is 6.33. The highest BCUT2D eigenvalue weighted by Crippen LogP contribution is 2.38. The molecule has 0 amide bonds. The molecule has 0 spiro atoms. The molecule has 0 bridgehead atoms. The Morgan fingerprint density at radius 3 is 2.80 bits per heavy atom. The fraction of sp³-hybridized carbons (Fsp3) is 0.211. The molecule has 1 atom stereocenters. The van der Waals surface area contributed by atoms with Crippen LogP contribution in [-0.2, 0) is 12.0 Å². The molecule has 3 N–H and O–H groups in total. The van der Waals surface area contributed by atoms with Crippen molar-refractivity contribution < 1.29 is 5.11 Å². The van der Waals surface area contributed by atoms with E-state index in [9.17, 15) is 5.11 Å². The first-order valence-corrected chi connectivity index (χ1v) is 8.18. The SMILES string of the molecule is CC(O)(c1cccnc1)c1ccc2c(c1)N(c1ccnc(N)n1)CC2. The van der Waals surface area contributed by atoms with Gasteiger partial charge in [0.05, 0.1) is 0 Å². The maximum absolute atomic E-state index is 11.1. The van der Waals surface area contributed by atoms with Crippen LogP contribution in [0.25, 0.3) is 0 Å². The number of rotatable bonds is 3. The van der Waals surface area contributed by atoms with Crippen LogP contribution in [0, 0.1) is 0 Å². The van der Waals surface area contributed by atoms with Crippen molar-refractivity contribution in [2.24, 2.45) is 0 Å². The Morgan fingerprint density at radius 1 is 1.16 bits per heavy atom. The van der Waals surface area contributed by atoms with Crippen LogP contribution in [0.15, 0.2) is 55.0 Å². The average Bonchev–Trinajstić information content (AvgIpc) is 3.05. The van der Waals surface area contributed by atoms with Crippen molar-refractivity contribution in [3.8, 4) is 0 Å². The van der Waals surface area contributed by atoms with Crippen molar-refractivity contribution in [2.45, 2.75) is 18.9 Å². The van der Waals surface area contributed by atoms with Gasteiger partial charge in [-0.05, 0) is 42.7 Å². The summed E-state index contributed by atoms with van der Waals surface area (Å²) in [6, 6.07) is 11.6. The van der Waals surface area contributed by atoms with Crippen LogP contribution in [0.1, 0.15) is 23.6 Å². The lowest BCUT2D eigenvalue weighted by molar-refractivity contribution is 0.102. The summed E-state index contributed by atoms with van der Waals surface area (Å²) in [6.07, 6.45) is 5.97. The van der Waals surface area contributed by atoms with Crippen LogP contribution in [0.4, 0.5) is 17.5 Å². The van der Waals surface area contributed by atoms with E-state index in [-0.39, 0.29) is 5.95 Å². The Bertz CT molecular complexity index is 911. The van der Waals surface area contributed by atoms with Crippen molar-refractivity contribution in [3.63, 3.8) is 0 Å². The predicted molar refractivity (Wildman–Crippen MR) is 96.5 cm³/mol. The predicted octanol–water partition coefficient (Wildman–Crippen LogP) is 2.40. The van der Waals surface area contributed by atoms with Crippen LogP contribution in [0.2, 0.25) is 0 Å². The standard InChI is InChI=1S/C19H19N5O/c1-19(25,15-3-2-8-21-12-15)14-5-4-13-7-10-24(16(13)11-14)17-6-9-22-18(20)23-17/h2-6,8-9,11-12,25H,7,10H2,1H3,(H2,20,22,23). The van der Waals surface area contributed by atoms with Gasteiger partial charge in [0.2, 0.25) is 5.95 Å². The van der Waals surface area contributed by atoms with Gasteiger partial charge in [-0.25, -0.2) is 4.98 Å². The molecular weight excluding hydrogens is 314 g/mol. The van der Waals surface area contributed by atoms with Gasteiger partial charge in [0.1, 0.15) is 11.4 Å². The van der Waals surface area contributed by atoms with E-state index >= 15 is 0 Å². The second kappa shape index (κ2) is 5.82. The van der Waals surface area contributed by atoms with Crippen molar-refractivity contribution in [1.82, 2.24) is 15.0 Å². The van der Waals surface area contributed by atoms with E-state index in [1.807, 2.05) is 30.3 Å². The summed E-state index contributed by atoms with van der Waals surface area (Å²) in [4.78, 5) is 14.5. The van der Waals surface area contributed by atoms with Gasteiger partial charge in [-0.15, -0.1) is 0 Å². The normalized spacial score (nSPS) is 15.7. The Morgan fingerprint density at radius 2 is 2.04 bits per heavy atom. The molecule has 0 saturated carbocycles. The number of hydrogen-bond donors (Lipinski definition) is 2. The third-order valence-corrected chi connectivity index (χ3v) is 4.70. The molecule has 2 aromatic heterocycles. The summed E-state index contributed by atoms with van der Waals surface area (Å²) in [7, 11) is 0. The smallest absolute Gasteiger partial charge is 0.221 e. The molecule has 1 unspecified atom stereocenters. The van der Waals surface area contributed by atoms with Crippen LogP contribution >= 0.6 is 0 Å². The van der Waals surface area contributed by atoms with E-state index in [0.29, 0.717) is 0 Å². The minimum Gasteiger partial charge on any atom is -0.381 e. The first-order valence-electron chi connectivity index (χ1n) is 8.18. The first-order chi connectivity index (χ1) is 12.1. The quantitative estimate of drug-likeness (QED) is 0.765. The van der Waals surface area contributed by atoms with Gasteiger partial charge < -0.3 is 15.7 Å². The van der Waals surface area contributed by atoms with E-state index in [1.54, 1.807) is 25.5 Å². The molecule has 1 aliphatic rings. The van der Waals surface area contributed by atoms with E-state index < -0.39 is 5.60 Å². The Hall–Kier alpha value is -2.99. The van der Waals surface area contributed by atoms with Crippen LogP contribution in [0.5, 0.6) is 0 Å². The molecule has 3 heterocycles. The molecule has 6 nitrogen and oxygen atoms in total. The molecule has 0 aliphatic carbocycles. The number of aromatic nitrogens is 3. The molecule has 25 heavy (non-hydrogen) atoms. The minimum atomic E-state index is -1.12. The van der Waals surface area contributed by atoms with Gasteiger partial charge in [0, 0.05) is 36.4 Å². The number of nitrogen functional groups attached to an aromatic ring is 1. The molecule has 1 aromatic carbocycles. The first kappa shape index (κ1) is 15.5. The van der Waals surface area contributed by atoms with E-state index in [1.165, 1.54) is 5.56 Å². The van der Waals surface area contributed by atoms with Gasteiger partial charge >= 0.3 is 0 Å². The number of anilines is 3. The van der Waals surface area contributed by atoms with Crippen LogP contribution in [0.3, 0.4) is 0 Å². The summed E-state index contributed by atoms with van der Waals surface area (Å²) < 4.78 is 0. The Kier molecular flexibility index (Phi) is 3.62. The maximum Gasteiger partial charge on any atom is 0.221 e. The Balaban J connectivity index is 1.76. The zero-order valence-electron chi connectivity index (χ0n) is 13.9. The van der Waals surface area contributed by atoms with Crippen molar-refractivity contribution in [3.05, 3.63) is 71.7 Å². The van der Waals surface area contributed by atoms with Gasteiger partial charge in [-0.3, -0.25) is 4.98 Å². The number of fused-ring (bicyclic) bond motifs is 1. The van der Waals surface area contributed by atoms with Gasteiger partial charge in [-0.2, -0.15) is 4.98 Å². The van der Waals surface area contributed by atoms with Gasteiger partial charge in [-0.1, -0.05) is 18.2 Å². The number of pyridine rings is 1. The molecule has 1 aliphatic heterocycles. The molecule has 4 rings (SSSR count). The summed E-state index contributed by atoms with van der Waals surface area (Å²) in [5.41, 5.74) is 8.44. The van der Waals surface area contributed by atoms with E-state index in [0.717, 1.165) is 35.6 Å². The number of nitrogens with zero attached hydrogens (tertiary/aromatic N) is 4. The molecular formula is C19H19N5O. The zero-order chi connectivity index (χ0) is 17.4. The lowest BCUT2D eigenvalue weighted by Crippen LogP contribution is -2.23. The second-order valence-corrected chi connectivity index (χ2v) is 6.33. The lowest BCUT2D eigenvalue weighted by Gasteiger charge is -2.26. The van der Waals surface area contributed by atoms with Gasteiger partial charge in [0.15, 0.2) is 0 Å². The molecule has 3 aromatic rings. The number of aliphatic hydroxyl groups is 1. The highest BCUT2D eigenvalue weighted by Gasteiger charge is 2.29. The van der Waals surface area contributed by atoms with E-state index in [2.05, 4.69) is 25.9 Å². The highest BCUT2D eigenvalue weighted by atomic mass is 16.3. The molecule has 126 valence electrons. The van der Waals surface area contributed by atoms with Crippen LogP contribution < -0.4 is 10.6 Å². The minimum absolute atomic E-state index is 0.254. The number of nitrogens with two attached hydrogens (primary N) is 1. The molecule has 0 saturated heterocycles. The topological polar surface area (TPSA) is 88.2 Å². The van der Waals surface area contributed by atoms with Crippen molar-refractivity contribution >= 4 is 17.5 Å². The number of hydrogen-bond acceptors (Lipinski definition) is 6. The fourth-order valence-corrected chi connectivity index (χ4v) is 3.25. The maximum atomic E-state index is 11.1. The zero-order valence-corrected chi connectivity index (χ0v) is 13.9. The van der Waals surface area contributed by atoms with Crippen LogP contribution in [-0.4, -0.2) is 26.6 Å². The molecule has 6 heteroatoms. The molecule has 0 radical (unpaired) electrons. The highest BCUT2D eigenvalue weighted by molar-refractivity contribution is 5.69. The third-order valence-electron chi connectivity index (χ3n) is 4.70. The fourth-order valence-electron chi connectivity index (χ4n) is 3.25. The summed E-state index contributed by atoms with van der Waals surface area (Å²) in [5, 5.41) is 11.1. The summed E-state index contributed by atoms with van der Waals surface area (Å²) in [5.74, 6) is 1.02.